The molecule has 0 aliphatic rings. The summed E-state index contributed by atoms with van der Waals surface area (Å²) in [7, 11) is 0. The molecular formula is C9H8FN3S2. The highest BCUT2D eigenvalue weighted by molar-refractivity contribution is 8.01. The normalized spacial score (nSPS) is 10.5. The SMILES string of the molecule is NCc1ccc(Sc2ncns2)c(F)c1. The number of hydrogen-bond acceptors (Lipinski definition) is 5. The summed E-state index contributed by atoms with van der Waals surface area (Å²) >= 11 is 2.52. The average Bonchev–Trinajstić information content (AvgIpc) is 2.74. The summed E-state index contributed by atoms with van der Waals surface area (Å²) in [6, 6.07) is 4.97. The maximum atomic E-state index is 13.5. The molecule has 0 saturated carbocycles. The Morgan fingerprint density at radius 1 is 1.47 bits per heavy atom. The average molecular weight is 241 g/mol. The Morgan fingerprint density at radius 3 is 2.93 bits per heavy atom. The Hall–Kier alpha value is -0.980. The van der Waals surface area contributed by atoms with Gasteiger partial charge in [0.15, 0.2) is 4.34 Å². The van der Waals surface area contributed by atoms with Crippen LogP contribution in [0.5, 0.6) is 0 Å². The van der Waals surface area contributed by atoms with Crippen LogP contribution in [-0.2, 0) is 6.54 Å². The molecule has 0 amide bonds. The molecule has 2 N–H and O–H groups in total. The third-order valence-electron chi connectivity index (χ3n) is 1.77. The minimum absolute atomic E-state index is 0.266. The van der Waals surface area contributed by atoms with Gasteiger partial charge >= 0.3 is 0 Å². The van der Waals surface area contributed by atoms with E-state index in [1.807, 2.05) is 6.07 Å². The van der Waals surface area contributed by atoms with Gasteiger partial charge in [-0.15, -0.1) is 0 Å². The van der Waals surface area contributed by atoms with E-state index in [2.05, 4.69) is 9.36 Å². The van der Waals surface area contributed by atoms with E-state index in [0.717, 1.165) is 9.90 Å². The fourth-order valence-electron chi connectivity index (χ4n) is 1.06. The van der Waals surface area contributed by atoms with Crippen molar-refractivity contribution in [2.24, 2.45) is 5.73 Å². The Bertz CT molecular complexity index is 445. The quantitative estimate of drug-likeness (QED) is 0.895. The standard InChI is InChI=1S/C9H8FN3S2/c10-7-3-6(4-11)1-2-8(7)14-9-12-5-13-15-9/h1-3,5H,4,11H2. The highest BCUT2D eigenvalue weighted by atomic mass is 32.2. The molecule has 2 rings (SSSR count). The maximum Gasteiger partial charge on any atom is 0.174 e. The van der Waals surface area contributed by atoms with Gasteiger partial charge in [-0.25, -0.2) is 9.37 Å². The summed E-state index contributed by atoms with van der Waals surface area (Å²) in [6.07, 6.45) is 1.46. The van der Waals surface area contributed by atoms with E-state index in [1.54, 1.807) is 6.07 Å². The molecule has 0 spiro atoms. The van der Waals surface area contributed by atoms with Gasteiger partial charge in [-0.2, -0.15) is 4.37 Å². The van der Waals surface area contributed by atoms with E-state index < -0.39 is 0 Å². The summed E-state index contributed by atoms with van der Waals surface area (Å²) < 4.78 is 18.1. The van der Waals surface area contributed by atoms with Crippen LogP contribution in [0.1, 0.15) is 5.56 Å². The number of hydrogen-bond donors (Lipinski definition) is 1. The smallest absolute Gasteiger partial charge is 0.174 e. The molecule has 0 unspecified atom stereocenters. The molecule has 0 saturated heterocycles. The Labute approximate surface area is 94.7 Å². The summed E-state index contributed by atoms with van der Waals surface area (Å²) in [5, 5.41) is 0. The zero-order valence-corrected chi connectivity index (χ0v) is 9.32. The summed E-state index contributed by atoms with van der Waals surface area (Å²) in [4.78, 5) is 4.52. The topological polar surface area (TPSA) is 51.8 Å². The van der Waals surface area contributed by atoms with Crippen molar-refractivity contribution in [2.45, 2.75) is 15.8 Å². The van der Waals surface area contributed by atoms with Crippen LogP contribution in [0.3, 0.4) is 0 Å². The van der Waals surface area contributed by atoms with E-state index in [9.17, 15) is 4.39 Å². The molecule has 78 valence electrons. The largest absolute Gasteiger partial charge is 0.326 e. The first-order valence-electron chi connectivity index (χ1n) is 4.22. The Kier molecular flexibility index (Phi) is 3.30. The molecule has 2 aromatic rings. The minimum atomic E-state index is -0.266. The summed E-state index contributed by atoms with van der Waals surface area (Å²) in [5.74, 6) is -0.266. The second kappa shape index (κ2) is 4.69. The summed E-state index contributed by atoms with van der Waals surface area (Å²) in [6.45, 7) is 0.348. The number of aromatic nitrogens is 2. The molecular weight excluding hydrogens is 233 g/mol. The Morgan fingerprint density at radius 2 is 2.33 bits per heavy atom. The van der Waals surface area contributed by atoms with E-state index in [1.165, 1.54) is 35.7 Å². The molecule has 1 aromatic heterocycles. The lowest BCUT2D eigenvalue weighted by Gasteiger charge is -2.01. The van der Waals surface area contributed by atoms with E-state index >= 15 is 0 Å². The van der Waals surface area contributed by atoms with Crippen molar-refractivity contribution in [3.63, 3.8) is 0 Å². The molecule has 0 bridgehead atoms. The highest BCUT2D eigenvalue weighted by Gasteiger charge is 2.06. The summed E-state index contributed by atoms with van der Waals surface area (Å²) in [5.41, 5.74) is 6.20. The molecule has 0 radical (unpaired) electrons. The molecule has 0 fully saturated rings. The van der Waals surface area contributed by atoms with Crippen LogP contribution >= 0.6 is 23.3 Å². The molecule has 0 aliphatic carbocycles. The molecule has 0 atom stereocenters. The van der Waals surface area contributed by atoms with Crippen molar-refractivity contribution in [1.82, 2.24) is 9.36 Å². The van der Waals surface area contributed by atoms with Crippen molar-refractivity contribution in [2.75, 3.05) is 0 Å². The predicted octanol–water partition coefficient (Wildman–Crippen LogP) is 2.29. The lowest BCUT2D eigenvalue weighted by atomic mass is 10.2. The van der Waals surface area contributed by atoms with Crippen LogP contribution in [0.15, 0.2) is 33.8 Å². The second-order valence-electron chi connectivity index (χ2n) is 2.78. The van der Waals surface area contributed by atoms with Gasteiger partial charge in [0, 0.05) is 6.54 Å². The van der Waals surface area contributed by atoms with Crippen molar-refractivity contribution in [3.05, 3.63) is 35.9 Å². The minimum Gasteiger partial charge on any atom is -0.326 e. The third kappa shape index (κ3) is 2.53. The van der Waals surface area contributed by atoms with Crippen LogP contribution in [-0.4, -0.2) is 9.36 Å². The van der Waals surface area contributed by atoms with Crippen molar-refractivity contribution in [3.8, 4) is 0 Å². The predicted molar refractivity (Wildman–Crippen MR) is 58.3 cm³/mol. The van der Waals surface area contributed by atoms with Gasteiger partial charge in [-0.1, -0.05) is 17.8 Å². The van der Waals surface area contributed by atoms with Crippen LogP contribution in [0.25, 0.3) is 0 Å². The van der Waals surface area contributed by atoms with Crippen LogP contribution < -0.4 is 5.73 Å². The van der Waals surface area contributed by atoms with Gasteiger partial charge in [0.05, 0.1) is 4.90 Å². The van der Waals surface area contributed by atoms with Gasteiger partial charge in [-0.05, 0) is 29.2 Å². The second-order valence-corrected chi connectivity index (χ2v) is 4.85. The zero-order chi connectivity index (χ0) is 10.7. The monoisotopic (exact) mass is 241 g/mol. The fourth-order valence-corrected chi connectivity index (χ4v) is 2.46. The van der Waals surface area contributed by atoms with Crippen molar-refractivity contribution in [1.29, 1.82) is 0 Å². The first-order valence-corrected chi connectivity index (χ1v) is 5.81. The van der Waals surface area contributed by atoms with E-state index in [0.29, 0.717) is 11.4 Å². The molecule has 15 heavy (non-hydrogen) atoms. The number of halogens is 1. The van der Waals surface area contributed by atoms with Crippen LogP contribution in [0.2, 0.25) is 0 Å². The van der Waals surface area contributed by atoms with Gasteiger partial charge in [0.1, 0.15) is 12.1 Å². The third-order valence-corrected chi connectivity index (χ3v) is 3.54. The first-order chi connectivity index (χ1) is 7.29. The van der Waals surface area contributed by atoms with Crippen LogP contribution in [0, 0.1) is 5.82 Å². The Balaban J connectivity index is 2.22. The molecule has 3 nitrogen and oxygen atoms in total. The van der Waals surface area contributed by atoms with Crippen molar-refractivity contribution >= 4 is 23.3 Å². The number of benzene rings is 1. The molecule has 0 aliphatic heterocycles. The van der Waals surface area contributed by atoms with Gasteiger partial charge < -0.3 is 5.73 Å². The molecule has 1 heterocycles. The fraction of sp³-hybridized carbons (Fsp3) is 0.111. The lowest BCUT2D eigenvalue weighted by molar-refractivity contribution is 0.599. The van der Waals surface area contributed by atoms with Crippen LogP contribution in [0.4, 0.5) is 4.39 Å². The molecule has 6 heteroatoms. The van der Waals surface area contributed by atoms with E-state index in [-0.39, 0.29) is 5.82 Å². The van der Waals surface area contributed by atoms with E-state index in [4.69, 9.17) is 5.73 Å². The zero-order valence-electron chi connectivity index (χ0n) is 7.68. The maximum absolute atomic E-state index is 13.5. The van der Waals surface area contributed by atoms with Gasteiger partial charge in [0.25, 0.3) is 0 Å². The highest BCUT2D eigenvalue weighted by Crippen LogP contribution is 2.30. The van der Waals surface area contributed by atoms with Gasteiger partial charge in [0.2, 0.25) is 0 Å². The number of nitrogens with two attached hydrogens (primary N) is 1. The first kappa shape index (κ1) is 10.5. The lowest BCUT2D eigenvalue weighted by Crippen LogP contribution is -1.96. The number of nitrogens with zero attached hydrogens (tertiary/aromatic N) is 2. The van der Waals surface area contributed by atoms with Crippen molar-refractivity contribution < 1.29 is 4.39 Å². The van der Waals surface area contributed by atoms with Gasteiger partial charge in [-0.3, -0.25) is 0 Å². The molecule has 1 aromatic carbocycles. The number of rotatable bonds is 3.